The van der Waals surface area contributed by atoms with Gasteiger partial charge in [0.05, 0.1) is 19.5 Å². The van der Waals surface area contributed by atoms with Crippen LogP contribution in [-0.4, -0.2) is 129 Å². The number of amides is 2. The Labute approximate surface area is 322 Å². The fraction of sp³-hybridized carbons (Fsp3) is 0.667. The first-order valence-corrected chi connectivity index (χ1v) is 22.0. The van der Waals surface area contributed by atoms with Gasteiger partial charge in [-0.15, -0.1) is 0 Å². The van der Waals surface area contributed by atoms with Crippen LogP contribution >= 0.6 is 35.2 Å². The minimum atomic E-state index is -5.58. The Morgan fingerprint density at radius 1 is 1.05 bits per heavy atom. The molecular weight excluding hydrogens is 835 g/mol. The average Bonchev–Trinajstić information content (AvgIpc) is 3.66. The summed E-state index contributed by atoms with van der Waals surface area (Å²) in [6.45, 7) is 0.419. The van der Waals surface area contributed by atoms with Crippen molar-refractivity contribution in [3.63, 3.8) is 0 Å². The van der Waals surface area contributed by atoms with E-state index in [-0.39, 0.29) is 41.6 Å². The van der Waals surface area contributed by atoms with E-state index in [0.717, 1.165) is 35.3 Å². The average molecular weight is 880 g/mol. The molecule has 0 spiro atoms. The van der Waals surface area contributed by atoms with Crippen molar-refractivity contribution in [3.8, 4) is 0 Å². The molecule has 3 rings (SSSR count). The standard InChI is InChI=1S/C27H44N7O18P3S/c1-27(2,22(39)25(40)30-8-7-17(36)29-9-11-56-18(37)6-4-3-5-10-35)13-49-55(46,47)52-54(44,45)48-12-16-21(51-53(41,42)43)20(38)26(50-16)34-15-33-19-23(28)31-14-32-24(19)34/h10,14-16,20-22,26,38-39H,3-9,11-13H2,1-2H3,(H,29,36)(H,30,40)(H,44,45)(H,46,47)(H2,28,31,32)(H2,41,42,43)/t16-,20-,21-,22+,26-/m1/s1. The van der Waals surface area contributed by atoms with E-state index in [2.05, 4.69) is 34.4 Å². The summed E-state index contributed by atoms with van der Waals surface area (Å²) in [5.41, 5.74) is 4.24. The number of aromatic nitrogens is 4. The highest BCUT2D eigenvalue weighted by molar-refractivity contribution is 8.13. The molecule has 0 aromatic carbocycles. The molecule has 1 aliphatic rings. The van der Waals surface area contributed by atoms with Crippen LogP contribution in [0.15, 0.2) is 12.7 Å². The number of fused-ring (bicyclic) bond motifs is 1. The zero-order chi connectivity index (χ0) is 41.9. The number of anilines is 1. The van der Waals surface area contributed by atoms with Crippen LogP contribution in [0.25, 0.3) is 11.2 Å². The molecule has 2 unspecified atom stereocenters. The number of aldehydes is 1. The summed E-state index contributed by atoms with van der Waals surface area (Å²) in [7, 11) is -16.4. The smallest absolute Gasteiger partial charge is 0.386 e. The number of nitrogen functional groups attached to an aromatic ring is 1. The maximum atomic E-state index is 12.7. The van der Waals surface area contributed by atoms with Gasteiger partial charge < -0.3 is 55.7 Å². The summed E-state index contributed by atoms with van der Waals surface area (Å²) in [6, 6.07) is 0. The third kappa shape index (κ3) is 14.9. The second-order valence-electron chi connectivity index (χ2n) is 12.7. The molecule has 1 aliphatic heterocycles. The Kier molecular flexibility index (Phi) is 17.7. The SMILES string of the molecule is CC(C)(COP(=O)(O)OP(=O)(O)OC[C@H]1O[C@@H](n2cnc3c(N)ncnc32)[C@H](O)[C@@H]1OP(=O)(O)O)[C@@H](O)C(=O)NCCC(=O)NCCSC(=O)CCCCC=O. The first kappa shape index (κ1) is 47.6. The van der Waals surface area contributed by atoms with Gasteiger partial charge in [0, 0.05) is 43.5 Å². The fourth-order valence-corrected chi connectivity index (χ4v) is 8.41. The minimum absolute atomic E-state index is 0.0261. The Morgan fingerprint density at radius 2 is 1.75 bits per heavy atom. The Morgan fingerprint density at radius 3 is 2.43 bits per heavy atom. The van der Waals surface area contributed by atoms with Gasteiger partial charge in [-0.25, -0.2) is 28.6 Å². The third-order valence-electron chi connectivity index (χ3n) is 7.72. The van der Waals surface area contributed by atoms with Gasteiger partial charge >= 0.3 is 23.5 Å². The topological polar surface area (TPSA) is 381 Å². The summed E-state index contributed by atoms with van der Waals surface area (Å²) >= 11 is 1.04. The molecule has 0 bridgehead atoms. The number of hydrogen-bond acceptors (Lipinski definition) is 19. The van der Waals surface area contributed by atoms with Gasteiger partial charge in [0.25, 0.3) is 0 Å². The number of nitrogens with one attached hydrogen (secondary N) is 2. The Bertz CT molecular complexity index is 1830. The maximum absolute atomic E-state index is 12.7. The molecule has 7 atom stereocenters. The van der Waals surface area contributed by atoms with E-state index in [1.807, 2.05) is 0 Å². The first-order valence-electron chi connectivity index (χ1n) is 16.5. The highest BCUT2D eigenvalue weighted by atomic mass is 32.2. The molecule has 10 N–H and O–H groups in total. The van der Waals surface area contributed by atoms with E-state index < -0.39 is 84.6 Å². The zero-order valence-electron chi connectivity index (χ0n) is 29.9. The lowest BCUT2D eigenvalue weighted by molar-refractivity contribution is -0.137. The zero-order valence-corrected chi connectivity index (χ0v) is 33.4. The van der Waals surface area contributed by atoms with E-state index in [1.165, 1.54) is 13.8 Å². The Hall–Kier alpha value is -2.77. The van der Waals surface area contributed by atoms with Crippen molar-refractivity contribution < 1.29 is 85.3 Å². The van der Waals surface area contributed by atoms with Crippen LogP contribution in [0.3, 0.4) is 0 Å². The number of aliphatic hydroxyl groups is 2. The van der Waals surface area contributed by atoms with E-state index in [4.69, 9.17) is 19.5 Å². The molecule has 2 aromatic rings. The number of rotatable bonds is 24. The van der Waals surface area contributed by atoms with Crippen LogP contribution in [0, 0.1) is 5.41 Å². The van der Waals surface area contributed by atoms with E-state index in [1.54, 1.807) is 0 Å². The van der Waals surface area contributed by atoms with Crippen molar-refractivity contribution in [2.24, 2.45) is 5.41 Å². The van der Waals surface area contributed by atoms with Crippen molar-refractivity contribution in [2.75, 3.05) is 37.8 Å². The largest absolute Gasteiger partial charge is 0.481 e. The van der Waals surface area contributed by atoms with Gasteiger partial charge in [-0.1, -0.05) is 25.6 Å². The number of imidazole rings is 1. The molecule has 1 saturated heterocycles. The van der Waals surface area contributed by atoms with E-state index >= 15 is 0 Å². The van der Waals surface area contributed by atoms with Gasteiger partial charge in [-0.2, -0.15) is 4.31 Å². The van der Waals surface area contributed by atoms with Crippen molar-refractivity contribution in [3.05, 3.63) is 12.7 Å². The third-order valence-corrected chi connectivity index (χ3v) is 11.8. The molecule has 2 amide bonds. The molecule has 56 heavy (non-hydrogen) atoms. The lowest BCUT2D eigenvalue weighted by Gasteiger charge is -2.30. The normalized spacial score (nSPS) is 21.6. The number of thioether (sulfide) groups is 1. The maximum Gasteiger partial charge on any atom is 0.481 e. The monoisotopic (exact) mass is 879 g/mol. The lowest BCUT2D eigenvalue weighted by Crippen LogP contribution is -2.46. The predicted molar refractivity (Wildman–Crippen MR) is 192 cm³/mol. The fourth-order valence-electron chi connectivity index (χ4n) is 4.86. The molecule has 3 heterocycles. The van der Waals surface area contributed by atoms with Crippen LogP contribution in [0.1, 0.15) is 52.2 Å². The summed E-state index contributed by atoms with van der Waals surface area (Å²) in [4.78, 5) is 97.6. The minimum Gasteiger partial charge on any atom is -0.386 e. The number of hydrogen-bond donors (Lipinski definition) is 9. The van der Waals surface area contributed by atoms with Crippen LogP contribution < -0.4 is 16.4 Å². The van der Waals surface area contributed by atoms with Crippen molar-refractivity contribution >= 4 is 75.4 Å². The van der Waals surface area contributed by atoms with Crippen molar-refractivity contribution in [1.29, 1.82) is 0 Å². The highest BCUT2D eigenvalue weighted by Gasteiger charge is 2.50. The number of unbranched alkanes of at least 4 members (excludes halogenated alkanes) is 2. The number of carbonyl (C=O) groups excluding carboxylic acids is 4. The molecule has 29 heteroatoms. The molecular formula is C27H44N7O18P3S. The molecule has 2 aromatic heterocycles. The second kappa shape index (κ2) is 20.8. The number of nitrogens with zero attached hydrogens (tertiary/aromatic N) is 4. The predicted octanol–water partition coefficient (Wildman–Crippen LogP) is -0.576. The van der Waals surface area contributed by atoms with Crippen LogP contribution in [-0.2, 0) is 55.5 Å². The molecule has 0 aliphatic carbocycles. The van der Waals surface area contributed by atoms with Crippen LogP contribution in [0.2, 0.25) is 0 Å². The molecule has 316 valence electrons. The first-order chi connectivity index (χ1) is 26.1. The van der Waals surface area contributed by atoms with Gasteiger partial charge in [-0.3, -0.25) is 32.5 Å². The number of phosphoric ester groups is 3. The lowest BCUT2D eigenvalue weighted by atomic mass is 9.87. The van der Waals surface area contributed by atoms with E-state index in [9.17, 15) is 62.7 Å². The van der Waals surface area contributed by atoms with Gasteiger partial charge in [0.15, 0.2) is 22.8 Å². The number of nitrogens with two attached hydrogens (primary N) is 1. The summed E-state index contributed by atoms with van der Waals surface area (Å²) in [5.74, 6) is -1.17. The molecule has 25 nitrogen and oxygen atoms in total. The summed E-state index contributed by atoms with van der Waals surface area (Å²) < 4.78 is 62.0. The molecule has 1 fully saturated rings. The number of carbonyl (C=O) groups is 4. The second-order valence-corrected chi connectivity index (χ2v) is 18.1. The Balaban J connectivity index is 1.47. The van der Waals surface area contributed by atoms with E-state index in [0.29, 0.717) is 31.4 Å². The highest BCUT2D eigenvalue weighted by Crippen LogP contribution is 2.61. The summed E-state index contributed by atoms with van der Waals surface area (Å²) in [6.07, 6.45) is -4.27. The van der Waals surface area contributed by atoms with Gasteiger partial charge in [0.1, 0.15) is 42.5 Å². The van der Waals surface area contributed by atoms with Crippen molar-refractivity contribution in [2.45, 2.75) is 76.6 Å². The molecule has 0 saturated carbocycles. The van der Waals surface area contributed by atoms with Gasteiger partial charge in [0.2, 0.25) is 11.8 Å². The van der Waals surface area contributed by atoms with Crippen LogP contribution in [0.5, 0.6) is 0 Å². The van der Waals surface area contributed by atoms with Crippen LogP contribution in [0.4, 0.5) is 5.82 Å². The number of phosphoric acid groups is 3. The molecule has 0 radical (unpaired) electrons. The van der Waals surface area contributed by atoms with Crippen molar-refractivity contribution in [1.82, 2.24) is 30.2 Å². The number of ether oxygens (including phenoxy) is 1. The van der Waals surface area contributed by atoms with Gasteiger partial charge in [-0.05, 0) is 12.8 Å². The number of aliphatic hydroxyl groups excluding tert-OH is 2. The summed E-state index contributed by atoms with van der Waals surface area (Å²) in [5, 5.41) is 26.2. The quantitative estimate of drug-likeness (QED) is 0.0362.